The smallest absolute Gasteiger partial charge is 0.241 e. The first kappa shape index (κ1) is 14.3. The highest BCUT2D eigenvalue weighted by molar-refractivity contribution is 7.89. The Bertz CT molecular complexity index is 554. The molecule has 1 atom stereocenters. The van der Waals surface area contributed by atoms with Gasteiger partial charge in [-0.3, -0.25) is 0 Å². The van der Waals surface area contributed by atoms with Gasteiger partial charge in [-0.2, -0.15) is 0 Å². The molecular weight excluding hydrogens is 260 g/mol. The summed E-state index contributed by atoms with van der Waals surface area (Å²) >= 11 is 0. The normalized spacial score (nSPS) is 18.1. The van der Waals surface area contributed by atoms with Crippen LogP contribution in [0.1, 0.15) is 37.3 Å². The zero-order valence-electron chi connectivity index (χ0n) is 11.7. The minimum Gasteiger partial charge on any atom is -0.399 e. The van der Waals surface area contributed by atoms with E-state index in [1.54, 1.807) is 26.0 Å². The Labute approximate surface area is 115 Å². The summed E-state index contributed by atoms with van der Waals surface area (Å²) in [7, 11) is -3.46. The Morgan fingerprint density at radius 2 is 1.79 bits per heavy atom. The number of aryl methyl sites for hydroxylation is 2. The van der Waals surface area contributed by atoms with Gasteiger partial charge in [-0.05, 0) is 62.8 Å². The van der Waals surface area contributed by atoms with Crippen molar-refractivity contribution in [3.8, 4) is 0 Å². The van der Waals surface area contributed by atoms with E-state index in [1.807, 2.05) is 6.92 Å². The van der Waals surface area contributed by atoms with Gasteiger partial charge in [0, 0.05) is 11.7 Å². The molecule has 2 rings (SSSR count). The van der Waals surface area contributed by atoms with Crippen LogP contribution in [0.3, 0.4) is 0 Å². The van der Waals surface area contributed by atoms with Crippen molar-refractivity contribution in [2.75, 3.05) is 5.73 Å². The highest BCUT2D eigenvalue weighted by atomic mass is 32.2. The third kappa shape index (κ3) is 2.92. The molecule has 0 aromatic heterocycles. The summed E-state index contributed by atoms with van der Waals surface area (Å²) in [6.07, 6.45) is 3.43. The van der Waals surface area contributed by atoms with E-state index in [1.165, 1.54) is 6.42 Å². The number of benzene rings is 1. The van der Waals surface area contributed by atoms with Gasteiger partial charge < -0.3 is 5.73 Å². The lowest BCUT2D eigenvalue weighted by molar-refractivity contribution is 0.260. The van der Waals surface area contributed by atoms with Crippen molar-refractivity contribution in [1.29, 1.82) is 0 Å². The van der Waals surface area contributed by atoms with Gasteiger partial charge in [-0.15, -0.1) is 0 Å². The molecule has 106 valence electrons. The van der Waals surface area contributed by atoms with Crippen LogP contribution in [-0.4, -0.2) is 14.5 Å². The molecule has 0 radical (unpaired) electrons. The molecule has 1 aromatic rings. The minimum absolute atomic E-state index is 0.00453. The first-order chi connectivity index (χ1) is 8.81. The van der Waals surface area contributed by atoms with Gasteiger partial charge in [0.2, 0.25) is 10.0 Å². The molecular formula is C14H22N2O2S. The van der Waals surface area contributed by atoms with E-state index in [2.05, 4.69) is 4.72 Å². The zero-order valence-corrected chi connectivity index (χ0v) is 12.5. The predicted molar refractivity (Wildman–Crippen MR) is 77.5 cm³/mol. The lowest BCUT2D eigenvalue weighted by Gasteiger charge is -2.32. The Morgan fingerprint density at radius 1 is 1.26 bits per heavy atom. The van der Waals surface area contributed by atoms with Crippen LogP contribution in [-0.2, 0) is 10.0 Å². The average molecular weight is 282 g/mol. The average Bonchev–Trinajstić information content (AvgIpc) is 2.09. The number of hydrogen-bond acceptors (Lipinski definition) is 3. The number of sulfonamides is 1. The van der Waals surface area contributed by atoms with Crippen molar-refractivity contribution in [2.45, 2.75) is 51.0 Å². The van der Waals surface area contributed by atoms with Crippen LogP contribution in [0.15, 0.2) is 17.0 Å². The van der Waals surface area contributed by atoms with Crippen LogP contribution in [0.5, 0.6) is 0 Å². The fraction of sp³-hybridized carbons (Fsp3) is 0.571. The topological polar surface area (TPSA) is 72.2 Å². The molecule has 0 amide bonds. The van der Waals surface area contributed by atoms with Crippen molar-refractivity contribution >= 4 is 15.7 Å². The number of nitrogens with two attached hydrogens (primary N) is 1. The van der Waals surface area contributed by atoms with Gasteiger partial charge >= 0.3 is 0 Å². The summed E-state index contributed by atoms with van der Waals surface area (Å²) in [4.78, 5) is 0.368. The lowest BCUT2D eigenvalue weighted by Crippen LogP contribution is -2.41. The largest absolute Gasteiger partial charge is 0.399 e. The van der Waals surface area contributed by atoms with Crippen LogP contribution in [0.25, 0.3) is 0 Å². The zero-order chi connectivity index (χ0) is 14.2. The summed E-state index contributed by atoms with van der Waals surface area (Å²) in [6, 6.07) is 3.40. The molecule has 0 bridgehead atoms. The lowest BCUT2D eigenvalue weighted by atomic mass is 9.81. The van der Waals surface area contributed by atoms with Gasteiger partial charge in [-0.1, -0.05) is 6.42 Å². The van der Waals surface area contributed by atoms with E-state index in [4.69, 9.17) is 5.73 Å². The molecule has 1 unspecified atom stereocenters. The van der Waals surface area contributed by atoms with Gasteiger partial charge in [0.25, 0.3) is 0 Å². The van der Waals surface area contributed by atoms with Crippen LogP contribution in [0, 0.1) is 19.8 Å². The number of nitrogen functional groups attached to an aromatic ring is 1. The molecule has 0 heterocycles. The van der Waals surface area contributed by atoms with Crippen LogP contribution >= 0.6 is 0 Å². The molecule has 3 N–H and O–H groups in total. The maximum Gasteiger partial charge on any atom is 0.241 e. The Morgan fingerprint density at radius 3 is 2.21 bits per heavy atom. The van der Waals surface area contributed by atoms with Gasteiger partial charge in [0.05, 0.1) is 4.90 Å². The van der Waals surface area contributed by atoms with Gasteiger partial charge in [0.1, 0.15) is 0 Å². The van der Waals surface area contributed by atoms with Crippen molar-refractivity contribution < 1.29 is 8.42 Å². The first-order valence-corrected chi connectivity index (χ1v) is 8.18. The Kier molecular flexibility index (Phi) is 3.87. The quantitative estimate of drug-likeness (QED) is 0.833. The fourth-order valence-corrected chi connectivity index (χ4v) is 4.51. The number of hydrogen-bond donors (Lipinski definition) is 2. The van der Waals surface area contributed by atoms with Crippen molar-refractivity contribution in [3.63, 3.8) is 0 Å². The van der Waals surface area contributed by atoms with E-state index in [9.17, 15) is 8.42 Å². The third-order valence-corrected chi connectivity index (χ3v) is 5.81. The molecule has 1 fully saturated rings. The summed E-state index contributed by atoms with van der Waals surface area (Å²) < 4.78 is 27.8. The molecule has 1 aliphatic carbocycles. The standard InChI is InChI=1S/C14H22N2O2S/c1-9-7-13(15)8-10(2)14(9)19(17,18)16-11(3)12-5-4-6-12/h7-8,11-12,16H,4-6,15H2,1-3H3. The second-order valence-electron chi connectivity index (χ2n) is 5.58. The predicted octanol–water partition coefficient (Wildman–Crippen LogP) is 2.35. The van der Waals surface area contributed by atoms with E-state index in [-0.39, 0.29) is 6.04 Å². The van der Waals surface area contributed by atoms with Crippen molar-refractivity contribution in [3.05, 3.63) is 23.3 Å². The molecule has 0 aliphatic heterocycles. The second-order valence-corrected chi connectivity index (χ2v) is 7.24. The maximum absolute atomic E-state index is 12.5. The highest BCUT2D eigenvalue weighted by Crippen LogP contribution is 2.31. The summed E-state index contributed by atoms with van der Waals surface area (Å²) in [5, 5.41) is 0. The second kappa shape index (κ2) is 5.13. The number of anilines is 1. The molecule has 0 saturated heterocycles. The molecule has 19 heavy (non-hydrogen) atoms. The number of rotatable bonds is 4. The van der Waals surface area contributed by atoms with Gasteiger partial charge in [0.15, 0.2) is 0 Å². The van der Waals surface area contributed by atoms with E-state index < -0.39 is 10.0 Å². The van der Waals surface area contributed by atoms with E-state index in [0.29, 0.717) is 27.6 Å². The van der Waals surface area contributed by atoms with Crippen LogP contribution < -0.4 is 10.5 Å². The van der Waals surface area contributed by atoms with Crippen molar-refractivity contribution in [2.24, 2.45) is 5.92 Å². The van der Waals surface area contributed by atoms with Crippen LogP contribution in [0.4, 0.5) is 5.69 Å². The third-order valence-electron chi connectivity index (χ3n) is 3.95. The van der Waals surface area contributed by atoms with E-state index >= 15 is 0 Å². The van der Waals surface area contributed by atoms with Gasteiger partial charge in [-0.25, -0.2) is 13.1 Å². The SMILES string of the molecule is Cc1cc(N)cc(C)c1S(=O)(=O)NC(C)C1CCC1. The first-order valence-electron chi connectivity index (χ1n) is 6.70. The Hall–Kier alpha value is -1.07. The molecule has 1 saturated carbocycles. The molecule has 4 nitrogen and oxygen atoms in total. The number of nitrogens with one attached hydrogen (secondary N) is 1. The fourth-order valence-electron chi connectivity index (χ4n) is 2.75. The minimum atomic E-state index is -3.46. The highest BCUT2D eigenvalue weighted by Gasteiger charge is 2.29. The molecule has 1 aromatic carbocycles. The monoisotopic (exact) mass is 282 g/mol. The van der Waals surface area contributed by atoms with Crippen molar-refractivity contribution in [1.82, 2.24) is 4.72 Å². The summed E-state index contributed by atoms with van der Waals surface area (Å²) in [5.74, 6) is 0.476. The summed E-state index contributed by atoms with van der Waals surface area (Å²) in [6.45, 7) is 5.52. The molecule has 5 heteroatoms. The molecule has 0 spiro atoms. The van der Waals surface area contributed by atoms with Crippen LogP contribution in [0.2, 0.25) is 0 Å². The van der Waals surface area contributed by atoms with E-state index in [0.717, 1.165) is 12.8 Å². The maximum atomic E-state index is 12.5. The Balaban J connectivity index is 2.29. The molecule has 1 aliphatic rings. The summed E-state index contributed by atoms with van der Waals surface area (Å²) in [5.41, 5.74) is 7.73.